The Bertz CT molecular complexity index is 768. The highest BCUT2D eigenvalue weighted by atomic mass is 16.7. The predicted molar refractivity (Wildman–Crippen MR) is 88.5 cm³/mol. The number of hydrogen-bond donors (Lipinski definition) is 0. The minimum absolute atomic E-state index is 0.0314. The number of nitro benzene ring substituents is 1. The summed E-state index contributed by atoms with van der Waals surface area (Å²) < 4.78 is 1.42. The number of hydrogen-bond acceptors (Lipinski definition) is 5. The Kier molecular flexibility index (Phi) is 4.80. The lowest BCUT2D eigenvalue weighted by Gasteiger charge is -2.23. The molecule has 0 bridgehead atoms. The number of rotatable bonds is 5. The number of benzene rings is 1. The molecule has 23 heavy (non-hydrogen) atoms. The monoisotopic (exact) mass is 317 g/mol. The van der Waals surface area contributed by atoms with Gasteiger partial charge >= 0.3 is 0 Å². The highest BCUT2D eigenvalue weighted by Crippen LogP contribution is 2.38. The molecule has 0 aliphatic heterocycles. The van der Waals surface area contributed by atoms with Gasteiger partial charge in [-0.05, 0) is 26.0 Å². The molecule has 0 amide bonds. The van der Waals surface area contributed by atoms with Gasteiger partial charge in [0.25, 0.3) is 11.2 Å². The zero-order valence-electron chi connectivity index (χ0n) is 13.6. The molecular weight excluding hydrogens is 298 g/mol. The lowest BCUT2D eigenvalue weighted by atomic mass is 10.0. The van der Waals surface area contributed by atoms with Crippen molar-refractivity contribution in [3.8, 4) is 11.1 Å². The molecule has 0 fully saturated rings. The lowest BCUT2D eigenvalue weighted by Crippen LogP contribution is -2.22. The summed E-state index contributed by atoms with van der Waals surface area (Å²) in [6.45, 7) is 4.10. The summed E-state index contributed by atoms with van der Waals surface area (Å²) >= 11 is 0. The smallest absolute Gasteiger partial charge is 0.279 e. The highest BCUT2D eigenvalue weighted by molar-refractivity contribution is 5.85. The maximum Gasteiger partial charge on any atom is 0.279 e. The number of anilines is 1. The van der Waals surface area contributed by atoms with Crippen LogP contribution < -0.4 is 10.6 Å². The Hall–Kier alpha value is -2.67. The van der Waals surface area contributed by atoms with Gasteiger partial charge in [-0.15, -0.1) is 0 Å². The predicted octanol–water partition coefficient (Wildman–Crippen LogP) is 2.66. The summed E-state index contributed by atoms with van der Waals surface area (Å²) in [6.07, 6.45) is 1.60. The van der Waals surface area contributed by atoms with Gasteiger partial charge in [-0.1, -0.05) is 6.07 Å². The van der Waals surface area contributed by atoms with Gasteiger partial charge in [0.05, 0.1) is 23.3 Å². The molecule has 1 aromatic heterocycles. The van der Waals surface area contributed by atoms with Crippen molar-refractivity contribution in [2.75, 3.05) is 18.7 Å². The average molecular weight is 317 g/mol. The maximum atomic E-state index is 11.9. The molecule has 7 heteroatoms. The van der Waals surface area contributed by atoms with E-state index in [2.05, 4.69) is 0 Å². The fourth-order valence-electron chi connectivity index (χ4n) is 2.60. The van der Waals surface area contributed by atoms with E-state index in [-0.39, 0.29) is 11.2 Å². The van der Waals surface area contributed by atoms with Gasteiger partial charge in [0.2, 0.25) is 0 Å². The molecule has 0 unspecified atom stereocenters. The summed E-state index contributed by atoms with van der Waals surface area (Å²) in [4.78, 5) is 28.2. The summed E-state index contributed by atoms with van der Waals surface area (Å²) in [5, 5.41) is 13.0. The molecule has 0 aliphatic rings. The Morgan fingerprint density at radius 2 is 2.09 bits per heavy atom. The van der Waals surface area contributed by atoms with Gasteiger partial charge in [0.1, 0.15) is 0 Å². The highest BCUT2D eigenvalue weighted by Gasteiger charge is 2.23. The minimum atomic E-state index is -0.428. The summed E-state index contributed by atoms with van der Waals surface area (Å²) in [5.41, 5.74) is 1.98. The van der Waals surface area contributed by atoms with E-state index >= 15 is 0 Å². The molecule has 0 saturated heterocycles. The van der Waals surface area contributed by atoms with Gasteiger partial charge in [0, 0.05) is 37.0 Å². The van der Waals surface area contributed by atoms with Crippen molar-refractivity contribution in [3.63, 3.8) is 0 Å². The van der Waals surface area contributed by atoms with E-state index in [0.717, 1.165) is 0 Å². The molecule has 0 N–H and O–H groups in total. The molecule has 1 heterocycles. The molecule has 7 nitrogen and oxygen atoms in total. The van der Waals surface area contributed by atoms with Crippen LogP contribution in [-0.4, -0.2) is 23.1 Å². The van der Waals surface area contributed by atoms with Crippen LogP contribution in [0.4, 0.5) is 11.4 Å². The first-order valence-corrected chi connectivity index (χ1v) is 7.17. The number of pyridine rings is 1. The molecule has 2 aromatic rings. The first-order valence-electron chi connectivity index (χ1n) is 7.17. The third-order valence-corrected chi connectivity index (χ3v) is 3.64. The molecule has 122 valence electrons. The quantitative estimate of drug-likeness (QED) is 0.626. The lowest BCUT2D eigenvalue weighted by molar-refractivity contribution is -0.384. The Labute approximate surface area is 133 Å². The van der Waals surface area contributed by atoms with Crippen molar-refractivity contribution in [2.24, 2.45) is 7.05 Å². The van der Waals surface area contributed by atoms with Gasteiger partial charge in [0.15, 0.2) is 0 Å². The largest absolute Gasteiger partial charge is 0.318 e. The van der Waals surface area contributed by atoms with Crippen molar-refractivity contribution in [1.82, 2.24) is 4.57 Å². The fraction of sp³-hybridized carbons (Fsp3) is 0.312. The number of aryl methyl sites for hydroxylation is 2. The molecule has 0 spiro atoms. The number of aromatic nitrogens is 1. The van der Waals surface area contributed by atoms with Crippen molar-refractivity contribution in [1.29, 1.82) is 0 Å². The van der Waals surface area contributed by atoms with Crippen LogP contribution in [0.3, 0.4) is 0 Å². The summed E-state index contributed by atoms with van der Waals surface area (Å²) in [7, 11) is 3.14. The Morgan fingerprint density at radius 1 is 1.39 bits per heavy atom. The van der Waals surface area contributed by atoms with Gasteiger partial charge < -0.3 is 4.57 Å². The van der Waals surface area contributed by atoms with Crippen molar-refractivity contribution >= 4 is 11.4 Å². The van der Waals surface area contributed by atoms with Gasteiger partial charge in [-0.3, -0.25) is 24.8 Å². The van der Waals surface area contributed by atoms with Crippen LogP contribution in [-0.2, 0) is 11.9 Å². The van der Waals surface area contributed by atoms with Crippen molar-refractivity contribution in [3.05, 3.63) is 56.5 Å². The van der Waals surface area contributed by atoms with E-state index in [0.29, 0.717) is 28.9 Å². The zero-order chi connectivity index (χ0) is 17.1. The van der Waals surface area contributed by atoms with Crippen molar-refractivity contribution in [2.45, 2.75) is 13.8 Å². The zero-order valence-corrected chi connectivity index (χ0v) is 13.6. The van der Waals surface area contributed by atoms with Crippen LogP contribution in [0.2, 0.25) is 0 Å². The van der Waals surface area contributed by atoms with Crippen LogP contribution in [0.15, 0.2) is 35.3 Å². The molecular formula is C16H19N3O4. The number of hydroxylamine groups is 1. The van der Waals surface area contributed by atoms with E-state index in [1.165, 1.54) is 17.7 Å². The minimum Gasteiger partial charge on any atom is -0.318 e. The topological polar surface area (TPSA) is 77.6 Å². The van der Waals surface area contributed by atoms with E-state index in [9.17, 15) is 14.9 Å². The van der Waals surface area contributed by atoms with E-state index in [1.54, 1.807) is 43.4 Å². The molecule has 2 rings (SSSR count). The second-order valence-electron chi connectivity index (χ2n) is 5.13. The average Bonchev–Trinajstić information content (AvgIpc) is 2.53. The third kappa shape index (κ3) is 3.09. The molecule has 0 atom stereocenters. The first kappa shape index (κ1) is 16.7. The molecule has 0 radical (unpaired) electrons. The normalized spacial score (nSPS) is 10.6. The summed E-state index contributed by atoms with van der Waals surface area (Å²) in [5.74, 6) is 0. The first-order chi connectivity index (χ1) is 10.9. The molecule has 1 aromatic carbocycles. The van der Waals surface area contributed by atoms with Crippen LogP contribution in [0.25, 0.3) is 11.1 Å². The maximum absolute atomic E-state index is 11.9. The standard InChI is InChI=1S/C16H19N3O4/c1-5-18(23-4)13-7-6-8-14(19(21)22)15(13)12-9-11(2)16(20)17(3)10-12/h6-10H,5H2,1-4H3. The van der Waals surface area contributed by atoms with Gasteiger partial charge in [-0.2, -0.15) is 0 Å². The van der Waals surface area contributed by atoms with Gasteiger partial charge in [-0.25, -0.2) is 0 Å². The third-order valence-electron chi connectivity index (χ3n) is 3.64. The van der Waals surface area contributed by atoms with Crippen LogP contribution in [0.5, 0.6) is 0 Å². The van der Waals surface area contributed by atoms with Crippen LogP contribution >= 0.6 is 0 Å². The Balaban J connectivity index is 2.82. The van der Waals surface area contributed by atoms with E-state index in [1.807, 2.05) is 6.92 Å². The fourth-order valence-corrected chi connectivity index (χ4v) is 2.60. The SMILES string of the molecule is CCN(OC)c1cccc([N+](=O)[O-])c1-c1cc(C)c(=O)n(C)c1. The molecule has 0 aliphatic carbocycles. The van der Waals surface area contributed by atoms with Crippen molar-refractivity contribution < 1.29 is 9.76 Å². The Morgan fingerprint density at radius 3 is 2.61 bits per heavy atom. The second-order valence-corrected chi connectivity index (χ2v) is 5.13. The van der Waals surface area contributed by atoms with E-state index < -0.39 is 4.92 Å². The summed E-state index contributed by atoms with van der Waals surface area (Å²) in [6, 6.07) is 6.49. The molecule has 0 saturated carbocycles. The number of nitro groups is 1. The van der Waals surface area contributed by atoms with Crippen LogP contribution in [0, 0.1) is 17.0 Å². The van der Waals surface area contributed by atoms with E-state index in [4.69, 9.17) is 4.84 Å². The number of nitrogens with zero attached hydrogens (tertiary/aromatic N) is 3. The second kappa shape index (κ2) is 6.62. The van der Waals surface area contributed by atoms with Crippen LogP contribution in [0.1, 0.15) is 12.5 Å².